The van der Waals surface area contributed by atoms with E-state index in [0.29, 0.717) is 19.6 Å². The molecule has 1 fully saturated rings. The molecule has 6 nitrogen and oxygen atoms in total. The van der Waals surface area contributed by atoms with Crippen LogP contribution < -0.4 is 0 Å². The summed E-state index contributed by atoms with van der Waals surface area (Å²) in [6.45, 7) is 1.23. The van der Waals surface area contributed by atoms with Crippen molar-refractivity contribution in [2.75, 3.05) is 13.2 Å². The zero-order valence-corrected chi connectivity index (χ0v) is 11.6. The smallest absolute Gasteiger partial charge is 0.305 e. The SMILES string of the molecule is O=S1OC[C@H]([C@H]2CC(COCc3ccccc3)=NO2)O1. The molecule has 1 aromatic rings. The molecule has 0 amide bonds. The number of hydrogen-bond donors (Lipinski definition) is 0. The summed E-state index contributed by atoms with van der Waals surface area (Å²) in [6, 6.07) is 9.94. The first-order chi connectivity index (χ1) is 9.81. The van der Waals surface area contributed by atoms with Gasteiger partial charge in [-0.2, -0.15) is 4.21 Å². The fourth-order valence-electron chi connectivity index (χ4n) is 2.04. The minimum atomic E-state index is -1.65. The van der Waals surface area contributed by atoms with Gasteiger partial charge in [0.2, 0.25) is 0 Å². The molecular weight excluding hydrogens is 282 g/mol. The van der Waals surface area contributed by atoms with Crippen LogP contribution in [0.4, 0.5) is 0 Å². The summed E-state index contributed by atoms with van der Waals surface area (Å²) in [4.78, 5) is 5.27. The lowest BCUT2D eigenvalue weighted by Gasteiger charge is -2.11. The van der Waals surface area contributed by atoms with Gasteiger partial charge in [0, 0.05) is 6.42 Å². The lowest BCUT2D eigenvalue weighted by Crippen LogP contribution is -2.28. The highest BCUT2D eigenvalue weighted by atomic mass is 32.2. The molecule has 20 heavy (non-hydrogen) atoms. The summed E-state index contributed by atoms with van der Waals surface area (Å²) < 4.78 is 26.5. The fourth-order valence-corrected chi connectivity index (χ4v) is 2.73. The average Bonchev–Trinajstić information content (AvgIpc) is 3.09. The lowest BCUT2D eigenvalue weighted by atomic mass is 10.1. The number of oxime groups is 1. The molecule has 1 aromatic carbocycles. The average molecular weight is 297 g/mol. The van der Waals surface area contributed by atoms with Gasteiger partial charge in [-0.15, -0.1) is 0 Å². The molecule has 3 rings (SSSR count). The quantitative estimate of drug-likeness (QED) is 0.820. The largest absolute Gasteiger partial charge is 0.389 e. The molecule has 2 aliphatic rings. The number of ether oxygens (including phenoxy) is 1. The van der Waals surface area contributed by atoms with Gasteiger partial charge in [0.05, 0.1) is 25.5 Å². The zero-order chi connectivity index (χ0) is 13.8. The Labute approximate surface area is 119 Å². The second-order valence-corrected chi connectivity index (χ2v) is 5.44. The standard InChI is InChI=1S/C13H15NO5S/c15-20-17-9-13(19-20)12-6-11(14-18-12)8-16-7-10-4-2-1-3-5-10/h1-5,12-13H,6-9H2/t12-,13-,20?/m1/s1. The van der Waals surface area contributed by atoms with Crippen LogP contribution in [0.3, 0.4) is 0 Å². The Morgan fingerprint density at radius 3 is 2.85 bits per heavy atom. The highest BCUT2D eigenvalue weighted by Crippen LogP contribution is 2.22. The van der Waals surface area contributed by atoms with Crippen molar-refractivity contribution in [2.45, 2.75) is 25.2 Å². The van der Waals surface area contributed by atoms with Gasteiger partial charge in [0.1, 0.15) is 6.10 Å². The third-order valence-electron chi connectivity index (χ3n) is 3.08. The van der Waals surface area contributed by atoms with Crippen LogP contribution in [-0.4, -0.2) is 35.3 Å². The second kappa shape index (κ2) is 6.45. The van der Waals surface area contributed by atoms with Crippen LogP contribution in [0.2, 0.25) is 0 Å². The topological polar surface area (TPSA) is 66.4 Å². The Morgan fingerprint density at radius 2 is 2.10 bits per heavy atom. The highest BCUT2D eigenvalue weighted by Gasteiger charge is 2.36. The van der Waals surface area contributed by atoms with Gasteiger partial charge in [-0.25, -0.2) is 0 Å². The number of nitrogens with zero attached hydrogens (tertiary/aromatic N) is 1. The predicted octanol–water partition coefficient (Wildman–Crippen LogP) is 1.34. The first-order valence-electron chi connectivity index (χ1n) is 6.36. The lowest BCUT2D eigenvalue weighted by molar-refractivity contribution is 0.00602. The summed E-state index contributed by atoms with van der Waals surface area (Å²) in [7, 11) is 0. The Hall–Kier alpha value is -1.28. The molecule has 0 radical (unpaired) electrons. The normalized spacial score (nSPS) is 29.2. The Bertz CT molecular complexity index is 507. The van der Waals surface area contributed by atoms with E-state index in [0.717, 1.165) is 11.3 Å². The van der Waals surface area contributed by atoms with Crippen molar-refractivity contribution in [1.29, 1.82) is 0 Å². The summed E-state index contributed by atoms with van der Waals surface area (Å²) >= 11 is -1.65. The van der Waals surface area contributed by atoms with Crippen LogP contribution >= 0.6 is 0 Å². The van der Waals surface area contributed by atoms with Crippen LogP contribution in [0, 0.1) is 0 Å². The minimum Gasteiger partial charge on any atom is -0.389 e. The van der Waals surface area contributed by atoms with E-state index in [1.165, 1.54) is 0 Å². The van der Waals surface area contributed by atoms with E-state index in [1.54, 1.807) is 0 Å². The monoisotopic (exact) mass is 297 g/mol. The number of hydrogen-bond acceptors (Lipinski definition) is 6. The molecule has 0 saturated carbocycles. The van der Waals surface area contributed by atoms with Gasteiger partial charge in [0.25, 0.3) is 0 Å². The zero-order valence-electron chi connectivity index (χ0n) is 10.8. The molecule has 0 bridgehead atoms. The maximum Gasteiger partial charge on any atom is 0.305 e. The molecule has 3 atom stereocenters. The molecule has 2 aliphatic heterocycles. The van der Waals surface area contributed by atoms with Gasteiger partial charge in [-0.1, -0.05) is 35.5 Å². The number of rotatable bonds is 5. The molecule has 1 saturated heterocycles. The molecule has 7 heteroatoms. The Balaban J connectivity index is 1.40. The van der Waals surface area contributed by atoms with Crippen molar-refractivity contribution in [3.8, 4) is 0 Å². The van der Waals surface area contributed by atoms with E-state index < -0.39 is 11.4 Å². The van der Waals surface area contributed by atoms with Crippen molar-refractivity contribution < 1.29 is 22.1 Å². The molecule has 0 spiro atoms. The van der Waals surface area contributed by atoms with Crippen LogP contribution in [0.5, 0.6) is 0 Å². The first kappa shape index (κ1) is 13.7. The summed E-state index contributed by atoms with van der Waals surface area (Å²) in [5.41, 5.74) is 1.94. The Morgan fingerprint density at radius 1 is 1.25 bits per heavy atom. The predicted molar refractivity (Wildman–Crippen MR) is 72.0 cm³/mol. The fraction of sp³-hybridized carbons (Fsp3) is 0.462. The van der Waals surface area contributed by atoms with E-state index in [9.17, 15) is 4.21 Å². The van der Waals surface area contributed by atoms with Crippen LogP contribution in [0.1, 0.15) is 12.0 Å². The molecule has 0 aliphatic carbocycles. The van der Waals surface area contributed by atoms with E-state index in [4.69, 9.17) is 17.9 Å². The third-order valence-corrected chi connectivity index (χ3v) is 3.81. The van der Waals surface area contributed by atoms with Gasteiger partial charge in [-0.05, 0) is 5.56 Å². The number of benzene rings is 1. The maximum absolute atomic E-state index is 11.0. The van der Waals surface area contributed by atoms with E-state index in [2.05, 4.69) is 5.16 Å². The molecule has 1 unspecified atom stereocenters. The van der Waals surface area contributed by atoms with Gasteiger partial charge in [0.15, 0.2) is 6.10 Å². The van der Waals surface area contributed by atoms with Crippen LogP contribution in [-0.2, 0) is 35.9 Å². The highest BCUT2D eigenvalue weighted by molar-refractivity contribution is 7.75. The van der Waals surface area contributed by atoms with Gasteiger partial charge >= 0.3 is 11.4 Å². The van der Waals surface area contributed by atoms with Crippen LogP contribution in [0.25, 0.3) is 0 Å². The Kier molecular flexibility index (Phi) is 4.41. The molecule has 2 heterocycles. The summed E-state index contributed by atoms with van der Waals surface area (Å²) in [6.07, 6.45) is 0.0444. The third kappa shape index (κ3) is 3.43. The molecule has 0 N–H and O–H groups in total. The van der Waals surface area contributed by atoms with Crippen molar-refractivity contribution >= 4 is 17.1 Å². The van der Waals surface area contributed by atoms with Crippen molar-refractivity contribution in [3.05, 3.63) is 35.9 Å². The summed E-state index contributed by atoms with van der Waals surface area (Å²) in [5, 5.41) is 3.98. The van der Waals surface area contributed by atoms with E-state index in [-0.39, 0.29) is 18.8 Å². The van der Waals surface area contributed by atoms with Gasteiger partial charge in [-0.3, -0.25) is 8.37 Å². The van der Waals surface area contributed by atoms with Crippen molar-refractivity contribution in [2.24, 2.45) is 5.16 Å². The van der Waals surface area contributed by atoms with E-state index in [1.807, 2.05) is 30.3 Å². The van der Waals surface area contributed by atoms with Crippen LogP contribution in [0.15, 0.2) is 35.5 Å². The van der Waals surface area contributed by atoms with Crippen molar-refractivity contribution in [3.63, 3.8) is 0 Å². The second-order valence-electron chi connectivity index (χ2n) is 4.61. The van der Waals surface area contributed by atoms with E-state index >= 15 is 0 Å². The molecule has 108 valence electrons. The summed E-state index contributed by atoms with van der Waals surface area (Å²) in [5.74, 6) is 0. The minimum absolute atomic E-state index is 0.239. The molecular formula is C13H15NO5S. The van der Waals surface area contributed by atoms with Crippen molar-refractivity contribution in [1.82, 2.24) is 0 Å². The maximum atomic E-state index is 11.0. The van der Waals surface area contributed by atoms with Gasteiger partial charge < -0.3 is 9.57 Å². The first-order valence-corrected chi connectivity index (χ1v) is 7.36. The molecule has 0 aromatic heterocycles.